The molecule has 4 fully saturated rings. The first kappa shape index (κ1) is 95.7. The number of fused-ring (bicyclic) bond motifs is 2. The standard InChI is InChI=1S/C84H116N18O22S3/c1-77(2,3)117-71(109)83(17,61-25-21-51-31-49(19-23-59(51)115-61)53-39-97(37-47-27-29-87-35-47)99(41-53)43-55(103)33-85)121-95-63(57-45-125-73(89-57)93-75(111)119-79(7,8)9)67(105)91-65-69(107)101(81(65,13)14)123-127(113,114)124-102-70(108)66(82(102,15)16)92-68(106)64(58-46-126-74(90-58)94-76(112)120-80(10,11)12)96-122-84(18,72(110)118-78(4,5)6)62-26-22-52-32-50(20-24-60(52)116-62)54-40-98(38-48-28-30-88-36-48)100(42-54)44-56(104)34-86/h19-20,23-24,31-32,39-42,45-48,55-56,61-62,65-66,87-88,103-104H,21-22,25-30,33-38,43-44,85-86H2,1-18H3,(H2-2,89,90,91,92,93,94,105,106,111,112)/p+2/b95-63-,96-64-/t47-,48-,55+,56+,61-,62-,65-,66-,83+,84+/m1/s1. The van der Waals surface area contributed by atoms with Crippen LogP contribution in [0.5, 0.6) is 11.5 Å². The summed E-state index contributed by atoms with van der Waals surface area (Å²) in [5.41, 5.74) is 2.99. The van der Waals surface area contributed by atoms with Gasteiger partial charge in [-0.2, -0.15) is 27.9 Å². The average Bonchev–Trinajstić information content (AvgIpc) is 0.828. The number of carbonyl (C=O) groups is 8. The van der Waals surface area contributed by atoms with E-state index in [2.05, 4.69) is 61.5 Å². The molecule has 6 amide bonds. The number of hydroxylamine groups is 4. The number of hydrogen-bond donors (Lipinski definition) is 10. The minimum absolute atomic E-state index is 0.0800. The molecule has 0 saturated carbocycles. The second kappa shape index (κ2) is 37.4. The molecule has 0 unspecified atom stereocenters. The first-order chi connectivity index (χ1) is 59.3. The van der Waals surface area contributed by atoms with Gasteiger partial charge in [0.15, 0.2) is 47.0 Å². The van der Waals surface area contributed by atoms with Gasteiger partial charge >= 0.3 is 34.5 Å². The molecule has 6 aliphatic heterocycles. The molecule has 43 heteroatoms. The molecule has 2 aromatic carbocycles. The fourth-order valence-corrected chi connectivity index (χ4v) is 17.4. The van der Waals surface area contributed by atoms with Crippen molar-refractivity contribution in [3.05, 3.63) is 94.5 Å². The van der Waals surface area contributed by atoms with Crippen LogP contribution < -0.4 is 62.2 Å². The molecule has 692 valence electrons. The van der Waals surface area contributed by atoms with Crippen molar-refractivity contribution < 1.29 is 113 Å². The van der Waals surface area contributed by atoms with E-state index >= 15 is 9.59 Å². The number of anilines is 2. The van der Waals surface area contributed by atoms with Gasteiger partial charge in [-0.3, -0.25) is 29.8 Å². The Morgan fingerprint density at radius 1 is 0.575 bits per heavy atom. The third kappa shape index (κ3) is 22.9. The number of aliphatic hydroxyl groups excluding tert-OH is 2. The predicted molar refractivity (Wildman–Crippen MR) is 462 cm³/mol. The number of nitrogens with one attached hydrogen (secondary N) is 6. The Morgan fingerprint density at radius 3 is 1.28 bits per heavy atom. The minimum atomic E-state index is -5.52. The van der Waals surface area contributed by atoms with Crippen molar-refractivity contribution in [1.29, 1.82) is 0 Å². The Morgan fingerprint density at radius 2 is 0.945 bits per heavy atom. The summed E-state index contributed by atoms with van der Waals surface area (Å²) in [5, 5.41) is 50.1. The highest BCUT2D eigenvalue weighted by Gasteiger charge is 2.62. The molecule has 4 aromatic heterocycles. The Balaban J connectivity index is 0.756. The van der Waals surface area contributed by atoms with Crippen LogP contribution in [0.4, 0.5) is 19.9 Å². The largest absolute Gasteiger partial charge is 0.485 e. The van der Waals surface area contributed by atoms with E-state index in [4.69, 9.17) is 58.1 Å². The minimum Gasteiger partial charge on any atom is -0.485 e. The lowest BCUT2D eigenvalue weighted by Crippen LogP contribution is -2.78. The lowest BCUT2D eigenvalue weighted by Gasteiger charge is -2.52. The van der Waals surface area contributed by atoms with Gasteiger partial charge < -0.3 is 81.0 Å². The SMILES string of the molecule is CC(C)(C)OC(=O)Nc1nc(/C(=N/O[C@](C)(C(=O)OC(C)(C)C)[C@H]2CCc3cc(-c4cn(C[C@@H](O)CN)[n+](C[C@@H]5CCNC5)c4)ccc3O2)C(=O)N[C@@H]2C(=O)N(OS(=O)(=O)ON3C(=O)[C@@H](NC(=O)/C(=N\O[C@](C)(C(=O)OC(C)(C)C)[C@H]4CCc5cc(-c6cn(C[C@@H](O)CN)[n+](C[C@@H]7CCNC7)c6)ccc5O4)c4csc(NC(=O)OC(C)(C)C)n4)C3(C)C)C2(C)C)cs1. The second-order valence-electron chi connectivity index (χ2n) is 37.9. The van der Waals surface area contributed by atoms with Gasteiger partial charge in [0, 0.05) is 48.8 Å². The van der Waals surface area contributed by atoms with Gasteiger partial charge in [0.05, 0.1) is 46.8 Å². The molecule has 10 heterocycles. The maximum atomic E-state index is 15.0. The predicted octanol–water partition coefficient (Wildman–Crippen LogP) is 5.11. The van der Waals surface area contributed by atoms with Crippen molar-refractivity contribution in [2.24, 2.45) is 33.6 Å². The van der Waals surface area contributed by atoms with Crippen molar-refractivity contribution in [2.45, 2.75) is 271 Å². The van der Waals surface area contributed by atoms with Crippen molar-refractivity contribution in [3.8, 4) is 33.8 Å². The number of amides is 6. The van der Waals surface area contributed by atoms with Crippen LogP contribution in [0.1, 0.15) is 173 Å². The van der Waals surface area contributed by atoms with E-state index < -0.39 is 151 Å². The first-order valence-corrected chi connectivity index (χ1v) is 45.2. The monoisotopic (exact) mass is 1830 g/mol. The first-order valence-electron chi connectivity index (χ1n) is 42.1. The zero-order chi connectivity index (χ0) is 92.6. The molecule has 6 aromatic rings. The third-order valence-corrected chi connectivity index (χ3v) is 24.1. The van der Waals surface area contributed by atoms with E-state index in [1.165, 1.54) is 52.3 Å². The van der Waals surface area contributed by atoms with Crippen LogP contribution in [-0.4, -0.2) is 228 Å². The van der Waals surface area contributed by atoms with Gasteiger partial charge in [-0.15, -0.1) is 40.6 Å². The third-order valence-electron chi connectivity index (χ3n) is 21.9. The van der Waals surface area contributed by atoms with Crippen LogP contribution in [0.2, 0.25) is 0 Å². The van der Waals surface area contributed by atoms with Crippen LogP contribution in [0.15, 0.2) is 82.3 Å². The zero-order valence-corrected chi connectivity index (χ0v) is 77.2. The van der Waals surface area contributed by atoms with Crippen LogP contribution in [0, 0.1) is 11.8 Å². The van der Waals surface area contributed by atoms with E-state index in [0.717, 1.165) is 108 Å². The van der Waals surface area contributed by atoms with E-state index in [1.807, 2.05) is 58.4 Å². The van der Waals surface area contributed by atoms with E-state index in [9.17, 15) is 47.4 Å². The van der Waals surface area contributed by atoms with Crippen molar-refractivity contribution in [1.82, 2.24) is 50.7 Å². The molecule has 10 atom stereocenters. The molecule has 127 heavy (non-hydrogen) atoms. The summed E-state index contributed by atoms with van der Waals surface area (Å²) in [6, 6.07) is 7.97. The summed E-state index contributed by atoms with van der Waals surface area (Å²) in [5.74, 6) is -4.97. The number of rotatable bonds is 32. The fraction of sp³-hybridized carbons (Fsp3) is 0.595. The fourth-order valence-electron chi connectivity index (χ4n) is 15.1. The van der Waals surface area contributed by atoms with Gasteiger partial charge in [0.25, 0.3) is 34.8 Å². The van der Waals surface area contributed by atoms with Crippen molar-refractivity contribution in [2.75, 3.05) is 49.9 Å². The van der Waals surface area contributed by atoms with Gasteiger partial charge in [-0.05, 0) is 223 Å². The van der Waals surface area contributed by atoms with E-state index in [0.29, 0.717) is 46.3 Å². The number of aliphatic hydroxyl groups is 2. The molecule has 0 spiro atoms. The Kier molecular flexibility index (Phi) is 28.2. The molecule has 12 rings (SSSR count). The number of oxime groups is 2. The summed E-state index contributed by atoms with van der Waals surface area (Å²) in [7, 11) is -5.52. The summed E-state index contributed by atoms with van der Waals surface area (Å²) in [6.45, 7) is 33.6. The van der Waals surface area contributed by atoms with Gasteiger partial charge in [0.1, 0.15) is 70.5 Å². The lowest BCUT2D eigenvalue weighted by atomic mass is 9.84. The maximum Gasteiger partial charge on any atom is 0.442 e. The quantitative estimate of drug-likeness (QED) is 0.00654. The molecule has 0 aliphatic carbocycles. The number of thiazole rings is 2. The number of benzene rings is 2. The van der Waals surface area contributed by atoms with Crippen molar-refractivity contribution in [3.63, 3.8) is 0 Å². The summed E-state index contributed by atoms with van der Waals surface area (Å²) >= 11 is 1.70. The molecular formula is C84H118N18O22S3+2. The zero-order valence-electron chi connectivity index (χ0n) is 74.8. The summed E-state index contributed by atoms with van der Waals surface area (Å²) in [6.07, 6.45) is 5.39. The molecule has 0 bridgehead atoms. The van der Waals surface area contributed by atoms with Crippen LogP contribution in [0.25, 0.3) is 22.3 Å². The van der Waals surface area contributed by atoms with Crippen LogP contribution in [0.3, 0.4) is 0 Å². The number of hydrogen-bond acceptors (Lipinski definition) is 32. The second-order valence-corrected chi connectivity index (χ2v) is 40.7. The molecule has 0 radical (unpaired) electrons. The lowest BCUT2D eigenvalue weighted by molar-refractivity contribution is -0.780. The number of ether oxygens (including phenoxy) is 6. The average molecular weight is 1830 g/mol. The topological polar surface area (TPSA) is 502 Å². The Hall–Kier alpha value is -10.3. The number of β-lactam (4-membered cyclic amide) rings is 2. The molecule has 12 N–H and O–H groups in total. The highest BCUT2D eigenvalue weighted by atomic mass is 32.3. The number of aromatic nitrogens is 6. The molecular weight excluding hydrogens is 1710 g/mol. The van der Waals surface area contributed by atoms with E-state index in [1.54, 1.807) is 95.2 Å². The number of carbonyl (C=O) groups excluding carboxylic acids is 8. The Bertz CT molecular complexity index is 4980. The number of nitrogens with two attached hydrogens (primary N) is 2. The van der Waals surface area contributed by atoms with Gasteiger partial charge in [-0.25, -0.2) is 29.1 Å². The summed E-state index contributed by atoms with van der Waals surface area (Å²) < 4.78 is 83.0. The highest BCUT2D eigenvalue weighted by Crippen LogP contribution is 2.42. The van der Waals surface area contributed by atoms with Crippen LogP contribution >= 0.6 is 22.7 Å². The Labute approximate surface area is 744 Å². The number of nitrogens with zero attached hydrogens (tertiary/aromatic N) is 10. The smallest absolute Gasteiger partial charge is 0.442 e. The molecule has 6 aliphatic rings. The van der Waals surface area contributed by atoms with Crippen LogP contribution in [-0.2, 0) is 115 Å². The van der Waals surface area contributed by atoms with E-state index in [-0.39, 0.29) is 60.7 Å². The van der Waals surface area contributed by atoms with Crippen molar-refractivity contribution >= 4 is 103 Å². The highest BCUT2D eigenvalue weighted by molar-refractivity contribution is 7.81. The molecule has 4 saturated heterocycles. The summed E-state index contributed by atoms with van der Waals surface area (Å²) in [4.78, 5) is 136. The maximum absolute atomic E-state index is 15.0. The van der Waals surface area contributed by atoms with Gasteiger partial charge in [-0.1, -0.05) is 22.4 Å². The van der Waals surface area contributed by atoms with Gasteiger partial charge in [0.2, 0.25) is 12.4 Å². The number of aryl methyl sites for hydroxylation is 2. The molecule has 40 nitrogen and oxygen atoms in total. The normalized spacial score (nSPS) is 21.5. The number of esters is 2.